The molecule has 1 atom stereocenters. The fraction of sp³-hybridized carbons (Fsp3) is 0.333. The molecule has 3 nitrogen and oxygen atoms in total. The summed E-state index contributed by atoms with van der Waals surface area (Å²) in [6.45, 7) is 1.98. The van der Waals surface area contributed by atoms with Gasteiger partial charge in [0.15, 0.2) is 0 Å². The Morgan fingerprint density at radius 1 is 1.41 bits per heavy atom. The van der Waals surface area contributed by atoms with Crippen molar-refractivity contribution in [3.05, 3.63) is 32.7 Å². The first-order chi connectivity index (χ1) is 8.06. The minimum Gasteiger partial charge on any atom is -0.336 e. The highest BCUT2D eigenvalue weighted by Crippen LogP contribution is 2.20. The highest BCUT2D eigenvalue weighted by Gasteiger charge is 2.13. The molecule has 0 heterocycles. The summed E-state index contributed by atoms with van der Waals surface area (Å²) < 4.78 is 1.64. The van der Waals surface area contributed by atoms with E-state index in [0.717, 1.165) is 15.4 Å². The van der Waals surface area contributed by atoms with E-state index < -0.39 is 6.04 Å². The second kappa shape index (κ2) is 6.77. The maximum absolute atomic E-state index is 11.9. The van der Waals surface area contributed by atoms with Crippen LogP contribution in [0.2, 0.25) is 0 Å². The summed E-state index contributed by atoms with van der Waals surface area (Å²) in [6.07, 6.45) is 1.53. The fourth-order valence-electron chi connectivity index (χ4n) is 1.38. The molecular formula is C12H12Br2N2O. The van der Waals surface area contributed by atoms with Crippen LogP contribution < -0.4 is 5.32 Å². The number of amides is 1. The monoisotopic (exact) mass is 358 g/mol. The molecule has 0 aliphatic heterocycles. The zero-order chi connectivity index (χ0) is 12.8. The highest BCUT2D eigenvalue weighted by atomic mass is 79.9. The van der Waals surface area contributed by atoms with Crippen LogP contribution in [-0.2, 0) is 0 Å². The number of carbonyl (C=O) groups is 1. The topological polar surface area (TPSA) is 52.9 Å². The van der Waals surface area contributed by atoms with Gasteiger partial charge in [-0.25, -0.2) is 0 Å². The van der Waals surface area contributed by atoms with E-state index in [2.05, 4.69) is 43.2 Å². The summed E-state index contributed by atoms with van der Waals surface area (Å²) in [5.74, 6) is -0.230. The molecule has 0 spiro atoms. The van der Waals surface area contributed by atoms with Crippen molar-refractivity contribution < 1.29 is 4.79 Å². The number of halogens is 2. The third-order valence-corrected chi connectivity index (χ3v) is 3.08. The molecule has 1 aromatic carbocycles. The Morgan fingerprint density at radius 3 is 2.47 bits per heavy atom. The number of nitrogens with one attached hydrogen (secondary N) is 1. The molecule has 1 N–H and O–H groups in total. The predicted molar refractivity (Wildman–Crippen MR) is 73.6 cm³/mol. The summed E-state index contributed by atoms with van der Waals surface area (Å²) in [4.78, 5) is 11.9. The normalized spacial score (nSPS) is 11.6. The molecule has 90 valence electrons. The predicted octanol–water partition coefficient (Wildman–Crippen LogP) is 3.63. The molecule has 1 rings (SSSR count). The van der Waals surface area contributed by atoms with Crippen LogP contribution in [0.1, 0.15) is 30.1 Å². The van der Waals surface area contributed by atoms with Gasteiger partial charge < -0.3 is 5.32 Å². The van der Waals surface area contributed by atoms with Gasteiger partial charge in [0.25, 0.3) is 5.91 Å². The van der Waals surface area contributed by atoms with E-state index in [-0.39, 0.29) is 5.91 Å². The smallest absolute Gasteiger partial charge is 0.252 e. The molecule has 0 aliphatic rings. The molecule has 0 saturated carbocycles. The van der Waals surface area contributed by atoms with E-state index >= 15 is 0 Å². The summed E-state index contributed by atoms with van der Waals surface area (Å²) in [6, 6.07) is 6.95. The number of hydrogen-bond acceptors (Lipinski definition) is 2. The highest BCUT2D eigenvalue weighted by molar-refractivity contribution is 9.11. The van der Waals surface area contributed by atoms with Gasteiger partial charge in [-0.05, 0) is 24.6 Å². The average Bonchev–Trinajstić information content (AvgIpc) is 2.27. The number of nitriles is 1. The van der Waals surface area contributed by atoms with Gasteiger partial charge in [0.1, 0.15) is 6.04 Å². The fourth-order valence-corrected chi connectivity index (χ4v) is 2.68. The molecule has 1 amide bonds. The lowest BCUT2D eigenvalue weighted by Gasteiger charge is -2.10. The van der Waals surface area contributed by atoms with E-state index in [1.54, 1.807) is 12.1 Å². The van der Waals surface area contributed by atoms with E-state index in [4.69, 9.17) is 5.26 Å². The van der Waals surface area contributed by atoms with Gasteiger partial charge >= 0.3 is 0 Å². The Kier molecular flexibility index (Phi) is 5.66. The van der Waals surface area contributed by atoms with Gasteiger partial charge in [-0.15, -0.1) is 0 Å². The third-order valence-electron chi connectivity index (χ3n) is 2.16. The minimum absolute atomic E-state index is 0.230. The Bertz CT molecular complexity index is 434. The van der Waals surface area contributed by atoms with Crippen molar-refractivity contribution in [3.63, 3.8) is 0 Å². The van der Waals surface area contributed by atoms with Crippen LogP contribution in [0.4, 0.5) is 0 Å². The molecule has 0 fully saturated rings. The van der Waals surface area contributed by atoms with Crippen LogP contribution in [0, 0.1) is 11.3 Å². The van der Waals surface area contributed by atoms with Crippen LogP contribution >= 0.6 is 31.9 Å². The number of rotatable bonds is 4. The molecule has 0 aromatic heterocycles. The lowest BCUT2D eigenvalue weighted by atomic mass is 10.1. The standard InChI is InChI=1S/C12H12Br2N2O/c1-2-3-11(7-15)16-12(17)8-4-9(13)6-10(14)5-8/h4-6,11H,2-3H2,1H3,(H,16,17). The van der Waals surface area contributed by atoms with Crippen LogP contribution in [-0.4, -0.2) is 11.9 Å². The number of benzene rings is 1. The molecule has 1 aromatic rings. The molecule has 0 bridgehead atoms. The van der Waals surface area contributed by atoms with Crippen molar-refractivity contribution in [1.29, 1.82) is 5.26 Å². The van der Waals surface area contributed by atoms with E-state index in [9.17, 15) is 4.79 Å². The van der Waals surface area contributed by atoms with Crippen molar-refractivity contribution >= 4 is 37.8 Å². The van der Waals surface area contributed by atoms with Gasteiger partial charge in [-0.3, -0.25) is 4.79 Å². The van der Waals surface area contributed by atoms with Gasteiger partial charge in [0.05, 0.1) is 6.07 Å². The molecule has 1 unspecified atom stereocenters. The van der Waals surface area contributed by atoms with Gasteiger partial charge in [0.2, 0.25) is 0 Å². The lowest BCUT2D eigenvalue weighted by Crippen LogP contribution is -2.33. The SMILES string of the molecule is CCCC(C#N)NC(=O)c1cc(Br)cc(Br)c1. The Balaban J connectivity index is 2.79. The molecule has 0 saturated heterocycles. The van der Waals surface area contributed by atoms with Crippen LogP contribution in [0.15, 0.2) is 27.1 Å². The number of hydrogen-bond donors (Lipinski definition) is 1. The van der Waals surface area contributed by atoms with Gasteiger partial charge in [0, 0.05) is 14.5 Å². The van der Waals surface area contributed by atoms with E-state index in [1.807, 2.05) is 13.0 Å². The van der Waals surface area contributed by atoms with Crippen LogP contribution in [0.3, 0.4) is 0 Å². The van der Waals surface area contributed by atoms with Crippen molar-refractivity contribution in [2.45, 2.75) is 25.8 Å². The van der Waals surface area contributed by atoms with Crippen molar-refractivity contribution in [1.82, 2.24) is 5.32 Å². The molecular weight excluding hydrogens is 348 g/mol. The largest absolute Gasteiger partial charge is 0.336 e. The second-order valence-corrected chi connectivity index (χ2v) is 5.43. The summed E-state index contributed by atoms with van der Waals surface area (Å²) in [7, 11) is 0. The third kappa shape index (κ3) is 4.49. The van der Waals surface area contributed by atoms with E-state index in [1.165, 1.54) is 0 Å². The summed E-state index contributed by atoms with van der Waals surface area (Å²) in [5.41, 5.74) is 0.530. The van der Waals surface area contributed by atoms with Gasteiger partial charge in [-0.1, -0.05) is 45.2 Å². The van der Waals surface area contributed by atoms with E-state index in [0.29, 0.717) is 12.0 Å². The maximum Gasteiger partial charge on any atom is 0.252 e. The number of carbonyl (C=O) groups excluding carboxylic acids is 1. The lowest BCUT2D eigenvalue weighted by molar-refractivity contribution is 0.0944. The first kappa shape index (κ1) is 14.2. The van der Waals surface area contributed by atoms with Gasteiger partial charge in [-0.2, -0.15) is 5.26 Å². The molecule has 0 aliphatic carbocycles. The van der Waals surface area contributed by atoms with Crippen molar-refractivity contribution in [2.24, 2.45) is 0 Å². The maximum atomic E-state index is 11.9. The molecule has 0 radical (unpaired) electrons. The summed E-state index contributed by atoms with van der Waals surface area (Å²) in [5, 5.41) is 11.6. The average molecular weight is 360 g/mol. The van der Waals surface area contributed by atoms with Crippen molar-refractivity contribution in [2.75, 3.05) is 0 Å². The summed E-state index contributed by atoms with van der Waals surface area (Å²) >= 11 is 6.64. The first-order valence-electron chi connectivity index (χ1n) is 5.23. The molecule has 17 heavy (non-hydrogen) atoms. The van der Waals surface area contributed by atoms with Crippen LogP contribution in [0.5, 0.6) is 0 Å². The zero-order valence-corrected chi connectivity index (χ0v) is 12.5. The Labute approximate surface area is 117 Å². The van der Waals surface area contributed by atoms with Crippen LogP contribution in [0.25, 0.3) is 0 Å². The zero-order valence-electron chi connectivity index (χ0n) is 9.34. The number of nitrogens with zero attached hydrogens (tertiary/aromatic N) is 1. The van der Waals surface area contributed by atoms with Crippen molar-refractivity contribution in [3.8, 4) is 6.07 Å². The molecule has 5 heteroatoms. The second-order valence-electron chi connectivity index (χ2n) is 3.60. The quantitative estimate of drug-likeness (QED) is 0.892. The Morgan fingerprint density at radius 2 is 2.00 bits per heavy atom. The first-order valence-corrected chi connectivity index (χ1v) is 6.82. The minimum atomic E-state index is -0.426. The Hall–Kier alpha value is -0.860.